The minimum absolute atomic E-state index is 0.0624. The van der Waals surface area contributed by atoms with Gasteiger partial charge < -0.3 is 0 Å². The number of benzene rings is 1. The molecule has 0 N–H and O–H groups in total. The molecule has 4 rings (SSSR count). The van der Waals surface area contributed by atoms with Gasteiger partial charge in [0.25, 0.3) is 5.56 Å². The first-order valence-corrected chi connectivity index (χ1v) is 10.1. The van der Waals surface area contributed by atoms with Crippen LogP contribution in [0.25, 0.3) is 20.7 Å². The fraction of sp³-hybridized carbons (Fsp3) is 0.200. The average Bonchev–Trinajstić information content (AvgIpc) is 3.26. The second kappa shape index (κ2) is 6.78. The minimum atomic E-state index is -0.300. The minimum Gasteiger partial charge on any atom is -0.291 e. The van der Waals surface area contributed by atoms with Crippen molar-refractivity contribution in [3.05, 3.63) is 74.7 Å². The first-order valence-electron chi connectivity index (χ1n) is 8.35. The lowest BCUT2D eigenvalue weighted by atomic mass is 10.1. The van der Waals surface area contributed by atoms with Gasteiger partial charge in [-0.05, 0) is 29.1 Å². The molecular weight excluding hydrogens is 367 g/mol. The molecule has 0 aliphatic heterocycles. The molecule has 1 aromatic carbocycles. The normalized spacial score (nSPS) is 11.5. The molecule has 0 amide bonds. The summed E-state index contributed by atoms with van der Waals surface area (Å²) in [5.41, 5.74) is 1.62. The second-order valence-corrected chi connectivity index (χ2v) is 8.26. The van der Waals surface area contributed by atoms with Crippen molar-refractivity contribution in [1.82, 2.24) is 9.55 Å². The number of nitrogens with zero attached hydrogens (tertiary/aromatic N) is 2. The van der Waals surface area contributed by atoms with Crippen LogP contribution in [0.1, 0.15) is 31.2 Å². The number of fused-ring (bicyclic) bond motifs is 1. The van der Waals surface area contributed by atoms with E-state index in [1.807, 2.05) is 42.8 Å². The monoisotopic (exact) mass is 384 g/mol. The molecule has 0 atom stereocenters. The van der Waals surface area contributed by atoms with Crippen LogP contribution in [0.2, 0.25) is 0 Å². The fourth-order valence-electron chi connectivity index (χ4n) is 3.06. The van der Waals surface area contributed by atoms with E-state index in [0.29, 0.717) is 11.9 Å². The van der Waals surface area contributed by atoms with Crippen molar-refractivity contribution in [3.63, 3.8) is 0 Å². The summed E-state index contributed by atoms with van der Waals surface area (Å²) >= 11 is 3.11. The molecule has 0 radical (unpaired) electrons. The van der Waals surface area contributed by atoms with Crippen molar-refractivity contribution in [2.45, 2.75) is 26.3 Å². The highest BCUT2D eigenvalue weighted by atomic mass is 32.1. The van der Waals surface area contributed by atoms with E-state index in [1.54, 1.807) is 22.0 Å². The van der Waals surface area contributed by atoms with Crippen molar-refractivity contribution < 1.29 is 4.39 Å². The van der Waals surface area contributed by atoms with Crippen molar-refractivity contribution in [1.29, 1.82) is 0 Å². The largest absolute Gasteiger partial charge is 0.291 e. The Balaban J connectivity index is 1.95. The zero-order chi connectivity index (χ0) is 18.3. The summed E-state index contributed by atoms with van der Waals surface area (Å²) in [7, 11) is 0. The Bertz CT molecular complexity index is 1130. The van der Waals surface area contributed by atoms with Gasteiger partial charge in [0, 0.05) is 21.7 Å². The summed E-state index contributed by atoms with van der Waals surface area (Å²) in [6.45, 7) is 4.35. The van der Waals surface area contributed by atoms with Crippen molar-refractivity contribution in [3.8, 4) is 10.4 Å². The Morgan fingerprint density at radius 1 is 1.19 bits per heavy atom. The second-order valence-electron chi connectivity index (χ2n) is 6.45. The van der Waals surface area contributed by atoms with Gasteiger partial charge in [0.2, 0.25) is 0 Å². The van der Waals surface area contributed by atoms with Gasteiger partial charge in [-0.3, -0.25) is 9.36 Å². The highest BCUT2D eigenvalue weighted by molar-refractivity contribution is 7.18. The van der Waals surface area contributed by atoms with Crippen molar-refractivity contribution in [2.24, 2.45) is 0 Å². The van der Waals surface area contributed by atoms with E-state index in [4.69, 9.17) is 4.98 Å². The Morgan fingerprint density at radius 3 is 2.73 bits per heavy atom. The third kappa shape index (κ3) is 2.99. The van der Waals surface area contributed by atoms with E-state index in [0.717, 1.165) is 26.7 Å². The van der Waals surface area contributed by atoms with Crippen LogP contribution < -0.4 is 5.56 Å². The van der Waals surface area contributed by atoms with Gasteiger partial charge in [-0.15, -0.1) is 22.7 Å². The number of thiophene rings is 2. The maximum atomic E-state index is 13.6. The summed E-state index contributed by atoms with van der Waals surface area (Å²) in [5, 5.41) is 4.65. The maximum absolute atomic E-state index is 13.6. The highest BCUT2D eigenvalue weighted by Crippen LogP contribution is 2.34. The molecule has 0 aliphatic carbocycles. The number of halogens is 1. The van der Waals surface area contributed by atoms with Gasteiger partial charge in [0.05, 0.1) is 11.9 Å². The predicted molar refractivity (Wildman–Crippen MR) is 107 cm³/mol. The fourth-order valence-corrected chi connectivity index (χ4v) is 4.82. The SMILES string of the molecule is CC(C)c1nc2scc(-c3cccs3)c2c(=O)n1Cc1cccc(F)c1. The van der Waals surface area contributed by atoms with Crippen molar-refractivity contribution >= 4 is 32.9 Å². The molecule has 0 unspecified atom stereocenters. The van der Waals surface area contributed by atoms with Crippen LogP contribution in [0.4, 0.5) is 4.39 Å². The lowest BCUT2D eigenvalue weighted by Gasteiger charge is -2.15. The molecule has 6 heteroatoms. The summed E-state index contributed by atoms with van der Waals surface area (Å²) in [5.74, 6) is 0.518. The van der Waals surface area contributed by atoms with E-state index in [1.165, 1.54) is 23.5 Å². The molecule has 3 nitrogen and oxygen atoms in total. The summed E-state index contributed by atoms with van der Waals surface area (Å²) < 4.78 is 15.3. The van der Waals surface area contributed by atoms with Crippen LogP contribution in [-0.4, -0.2) is 9.55 Å². The maximum Gasteiger partial charge on any atom is 0.263 e. The predicted octanol–water partition coefficient (Wildman–Crippen LogP) is 5.50. The third-order valence-corrected chi connectivity index (χ3v) is 6.03. The van der Waals surface area contributed by atoms with E-state index >= 15 is 0 Å². The van der Waals surface area contributed by atoms with Gasteiger partial charge in [-0.2, -0.15) is 0 Å². The van der Waals surface area contributed by atoms with E-state index < -0.39 is 0 Å². The van der Waals surface area contributed by atoms with Gasteiger partial charge in [0.15, 0.2) is 0 Å². The zero-order valence-electron chi connectivity index (χ0n) is 14.4. The third-order valence-electron chi connectivity index (χ3n) is 4.26. The van der Waals surface area contributed by atoms with Crippen LogP contribution in [0.5, 0.6) is 0 Å². The number of hydrogen-bond donors (Lipinski definition) is 0. The average molecular weight is 385 g/mol. The molecular formula is C20H17FN2OS2. The van der Waals surface area contributed by atoms with Crippen LogP contribution in [-0.2, 0) is 6.54 Å². The molecule has 0 bridgehead atoms. The first kappa shape index (κ1) is 17.1. The van der Waals surface area contributed by atoms with E-state index in [-0.39, 0.29) is 17.3 Å². The summed E-state index contributed by atoms with van der Waals surface area (Å²) in [6.07, 6.45) is 0. The number of rotatable bonds is 4. The molecule has 26 heavy (non-hydrogen) atoms. The van der Waals surface area contributed by atoms with E-state index in [9.17, 15) is 9.18 Å². The van der Waals surface area contributed by atoms with Crippen LogP contribution >= 0.6 is 22.7 Å². The van der Waals surface area contributed by atoms with Crippen LogP contribution in [0.15, 0.2) is 52.0 Å². The van der Waals surface area contributed by atoms with Crippen LogP contribution in [0, 0.1) is 5.82 Å². The smallest absolute Gasteiger partial charge is 0.263 e. The van der Waals surface area contributed by atoms with Gasteiger partial charge in [-0.1, -0.05) is 32.0 Å². The topological polar surface area (TPSA) is 34.9 Å². The lowest BCUT2D eigenvalue weighted by molar-refractivity contribution is 0.612. The molecule has 4 aromatic rings. The Kier molecular flexibility index (Phi) is 4.46. The summed E-state index contributed by atoms with van der Waals surface area (Å²) in [4.78, 5) is 20.0. The summed E-state index contributed by atoms with van der Waals surface area (Å²) in [6, 6.07) is 10.4. The van der Waals surface area contributed by atoms with Gasteiger partial charge >= 0.3 is 0 Å². The first-order chi connectivity index (χ1) is 12.5. The molecule has 132 valence electrons. The van der Waals surface area contributed by atoms with Gasteiger partial charge in [-0.25, -0.2) is 9.37 Å². The van der Waals surface area contributed by atoms with Gasteiger partial charge in [0.1, 0.15) is 16.5 Å². The Morgan fingerprint density at radius 2 is 2.04 bits per heavy atom. The highest BCUT2D eigenvalue weighted by Gasteiger charge is 2.19. The number of aromatic nitrogens is 2. The Hall–Kier alpha value is -2.31. The lowest BCUT2D eigenvalue weighted by Crippen LogP contribution is -2.26. The molecule has 0 aliphatic rings. The van der Waals surface area contributed by atoms with Crippen LogP contribution in [0.3, 0.4) is 0 Å². The zero-order valence-corrected chi connectivity index (χ0v) is 16.0. The Labute approximate surface area is 158 Å². The molecule has 0 saturated heterocycles. The molecule has 0 spiro atoms. The quantitative estimate of drug-likeness (QED) is 0.466. The standard InChI is InChI=1S/C20H17FN2OS2/c1-12(2)18-22-19-17(15(11-26-19)16-7-4-8-25-16)20(24)23(18)10-13-5-3-6-14(21)9-13/h3-9,11-12H,10H2,1-2H3. The number of hydrogen-bond acceptors (Lipinski definition) is 4. The molecule has 0 fully saturated rings. The molecule has 3 heterocycles. The molecule has 0 saturated carbocycles. The molecule has 3 aromatic heterocycles. The van der Waals surface area contributed by atoms with Crippen molar-refractivity contribution in [2.75, 3.05) is 0 Å². The van der Waals surface area contributed by atoms with E-state index in [2.05, 4.69) is 0 Å².